The van der Waals surface area contributed by atoms with Crippen molar-refractivity contribution in [1.29, 1.82) is 10.5 Å². The molecule has 0 bridgehead atoms. The Morgan fingerprint density at radius 1 is 0.526 bits per heavy atom. The monoisotopic (exact) mass is 1870 g/mol. The first-order chi connectivity index (χ1) is 62.4. The van der Waals surface area contributed by atoms with Gasteiger partial charge in [-0.15, -0.1) is 24.0 Å². The van der Waals surface area contributed by atoms with Crippen molar-refractivity contribution in [2.75, 3.05) is 56.2 Å². The number of hydrogen-bond acceptors (Lipinski definition) is 17. The second kappa shape index (κ2) is 48.9. The van der Waals surface area contributed by atoms with Gasteiger partial charge in [0.15, 0.2) is 0 Å². The van der Waals surface area contributed by atoms with E-state index in [1.165, 1.54) is 62.0 Å². The number of amides is 5. The standard InChI is InChI=1S/C33H34N4O3.C33H30N4O3.C20H21N3O2.C13H11Cl2NO.C2HF3O2.2CH4.ClH.Na.H/c2*1-40-33(39)36-26-12-9-22(10-13-26)25-18-29(35-20-25)30(17-21-5-3-2-4-6-21)37-16-15-27-28(32(37)38)14-11-24(19-34)31(27)23-7-8-23;1-25-20(24)23-17-9-7-15(8-10-17)16-12-19(22-13-16)18(21)11-14-5-3-2-4-6-14;14-6-5-10-11(13(15)17)4-3-9(7-16)12(10)8-1-2-8;3-2(4,5)1(6)7;;;;;/h2-6,9-14,20,23,30H,7-8,15-19,34H2,1H3,(H,36,39);2-6,9-14,20,23,30H,7-8,15-18H2,1H3,(H,36,39);2-10,13,18H,11-12,21H2,1H3,(H,23,24);3-4,8H,1-2,5-6H2;(H,6,7);2*1H4;1H;;/q;;;;;;;;+1;-1/t2*30-;18-;;;;;;;/m000......./s1. The SMILES string of the molecule is C.C.COC(=O)Nc1ccc(C2=CN=C([C@@H](N)Cc3ccccc3)C2)cc1.COC(=O)Nc1ccc(C2=CN=C([C@H](Cc3ccccc3)N3CCc4c(ccc(C#N)c4C4CC4)C3=O)C2)cc1.COC(=O)Nc1ccc(C2=CN=C([C@H](Cc3ccccc3)N3CCc4c(ccc(CN)c4C4CC4)C3=O)C2)cc1.Cl.N#Cc1ccc(C(=O)Cl)c(CCCl)c1C1CC1.O=C(O)C(F)(F)F.[H-].[Na+]. The average Bonchev–Trinajstić information content (AvgIpc) is 1.63. The number of aliphatic imine (C=N–C) groups is 3. The smallest absolute Gasteiger partial charge is 1.00 e. The molecule has 0 unspecified atom stereocenters. The first-order valence-electron chi connectivity index (χ1n) is 42.5. The van der Waals surface area contributed by atoms with Gasteiger partial charge < -0.3 is 42.0 Å². The average molecular weight is 1880 g/mol. The van der Waals surface area contributed by atoms with Crippen LogP contribution in [0.1, 0.15) is 206 Å². The number of hydrogen-bond donors (Lipinski definition) is 6. The number of carbonyl (C=O) groups is 7. The number of allylic oxidation sites excluding steroid dienone is 3. The number of nitrogens with one attached hydrogen (secondary N) is 3. The Bertz CT molecular complexity index is 5970. The number of carboxylic acids is 1. The largest absolute Gasteiger partial charge is 1.00 e. The fraction of sp³-hybridized carbons (Fsp3) is 0.301. The van der Waals surface area contributed by atoms with Gasteiger partial charge in [-0.2, -0.15) is 23.7 Å². The minimum absolute atomic E-state index is 0. The first kappa shape index (κ1) is 104. The zero-order valence-electron chi connectivity index (χ0n) is 73.8. The molecule has 3 atom stereocenters. The van der Waals surface area contributed by atoms with Crippen LogP contribution in [0, 0.1) is 22.7 Å². The van der Waals surface area contributed by atoms with Crippen LogP contribution in [0.3, 0.4) is 0 Å². The van der Waals surface area contributed by atoms with Crippen molar-refractivity contribution in [1.82, 2.24) is 9.80 Å². The number of nitrogens with zero attached hydrogens (tertiary/aromatic N) is 7. The second-order valence-corrected chi connectivity index (χ2v) is 32.9. The molecule has 8 aliphatic rings. The Hall–Kier alpha value is -12.3. The number of carboxylic acid groups (broad SMARTS) is 1. The Morgan fingerprint density at radius 3 is 1.23 bits per heavy atom. The summed E-state index contributed by atoms with van der Waals surface area (Å²) in [6.07, 6.45) is 12.2. The maximum atomic E-state index is 14.1. The summed E-state index contributed by atoms with van der Waals surface area (Å²) in [5, 5.41) is 33.5. The van der Waals surface area contributed by atoms with Crippen LogP contribution in [0.4, 0.5) is 44.6 Å². The van der Waals surface area contributed by atoms with Crippen LogP contribution in [0.2, 0.25) is 0 Å². The van der Waals surface area contributed by atoms with Gasteiger partial charge in [-0.25, -0.2) is 19.2 Å². The molecule has 3 fully saturated rings. The summed E-state index contributed by atoms with van der Waals surface area (Å²) < 4.78 is 45.7. The van der Waals surface area contributed by atoms with Crippen molar-refractivity contribution in [3.05, 3.63) is 319 Å². The van der Waals surface area contributed by atoms with E-state index in [1.807, 2.05) is 174 Å². The van der Waals surface area contributed by atoms with Crippen LogP contribution in [0.5, 0.6) is 0 Å². The number of ether oxygens (including phenoxy) is 3. The van der Waals surface area contributed by atoms with E-state index in [4.69, 9.17) is 59.8 Å². The van der Waals surface area contributed by atoms with Crippen molar-refractivity contribution in [2.24, 2.45) is 26.4 Å². The quantitative estimate of drug-likeness (QED) is 0.0142. The number of benzene rings is 9. The number of rotatable bonds is 24. The summed E-state index contributed by atoms with van der Waals surface area (Å²) in [4.78, 5) is 101. The number of alkyl halides is 4. The number of halogens is 6. The summed E-state index contributed by atoms with van der Waals surface area (Å²) in [7, 11) is 4.01. The molecule has 133 heavy (non-hydrogen) atoms. The van der Waals surface area contributed by atoms with E-state index in [0.717, 1.165) is 141 Å². The van der Waals surface area contributed by atoms with Gasteiger partial charge in [0.2, 0.25) is 0 Å². The zero-order chi connectivity index (χ0) is 91.4. The van der Waals surface area contributed by atoms with E-state index >= 15 is 0 Å². The minimum atomic E-state index is -5.08. The number of fused-ring (bicyclic) bond motifs is 2. The number of nitrogens with two attached hydrogens (primary N) is 2. The molecule has 0 spiro atoms. The van der Waals surface area contributed by atoms with Crippen LogP contribution < -0.4 is 57.0 Å². The van der Waals surface area contributed by atoms with Crippen molar-refractivity contribution < 1.29 is 97.0 Å². The van der Waals surface area contributed by atoms with Gasteiger partial charge in [-0.1, -0.05) is 148 Å². The third-order valence-electron chi connectivity index (χ3n) is 23.7. The van der Waals surface area contributed by atoms with Gasteiger partial charge in [-0.3, -0.25) is 45.3 Å². The Morgan fingerprint density at radius 2 is 0.872 bits per heavy atom. The van der Waals surface area contributed by atoms with Gasteiger partial charge >= 0.3 is 60.0 Å². The molecule has 17 rings (SSSR count). The summed E-state index contributed by atoms with van der Waals surface area (Å²) in [5.74, 6) is -0.875. The fourth-order valence-electron chi connectivity index (χ4n) is 16.8. The molecule has 3 aliphatic carbocycles. The van der Waals surface area contributed by atoms with Crippen LogP contribution in [0.15, 0.2) is 234 Å². The Balaban J connectivity index is 0.000000220. The van der Waals surface area contributed by atoms with Crippen molar-refractivity contribution in [3.8, 4) is 12.1 Å². The molecule has 5 amide bonds. The number of nitriles is 2. The molecule has 9 aromatic carbocycles. The summed E-state index contributed by atoms with van der Waals surface area (Å²) in [6.45, 7) is 1.78. The van der Waals surface area contributed by atoms with Crippen molar-refractivity contribution in [2.45, 2.75) is 160 Å². The molecule has 30 heteroatoms. The fourth-order valence-corrected chi connectivity index (χ4v) is 17.2. The van der Waals surface area contributed by atoms with Gasteiger partial charge in [0.25, 0.3) is 17.1 Å². The number of anilines is 3. The van der Waals surface area contributed by atoms with Crippen LogP contribution in [0.25, 0.3) is 16.7 Å². The molecule has 0 saturated heterocycles. The number of methoxy groups -OCH3 is 3. The van der Waals surface area contributed by atoms with Gasteiger partial charge in [-0.05, 0) is 262 Å². The maximum Gasteiger partial charge on any atom is 1.00 e. The summed E-state index contributed by atoms with van der Waals surface area (Å²) >= 11 is 11.3. The summed E-state index contributed by atoms with van der Waals surface area (Å²) in [5.41, 5.74) is 38.4. The molecular weight excluding hydrogens is 1770 g/mol. The second-order valence-electron chi connectivity index (χ2n) is 32.2. The molecule has 8 N–H and O–H groups in total. The Labute approximate surface area is 812 Å². The number of carbonyl (C=O) groups excluding carboxylic acids is 6. The van der Waals surface area contributed by atoms with E-state index in [0.29, 0.717) is 109 Å². The molecule has 0 radical (unpaired) electrons. The van der Waals surface area contributed by atoms with Crippen LogP contribution in [-0.4, -0.2) is 138 Å². The van der Waals surface area contributed by atoms with Gasteiger partial charge in [0.1, 0.15) is 0 Å². The topological polar surface area (TPSA) is 347 Å². The van der Waals surface area contributed by atoms with E-state index in [-0.39, 0.29) is 88.2 Å². The first-order valence-corrected chi connectivity index (χ1v) is 43.5. The minimum Gasteiger partial charge on any atom is -1.00 e. The van der Waals surface area contributed by atoms with Crippen LogP contribution in [-0.2, 0) is 64.1 Å². The normalized spacial score (nSPS) is 15.4. The zero-order valence-corrected chi connectivity index (χ0v) is 77.1. The van der Waals surface area contributed by atoms with E-state index in [9.17, 15) is 47.2 Å². The van der Waals surface area contributed by atoms with E-state index < -0.39 is 35.7 Å². The third-order valence-corrected chi connectivity index (χ3v) is 24.1. The molecule has 5 heterocycles. The molecule has 3 saturated carbocycles. The van der Waals surface area contributed by atoms with Gasteiger partial charge in [0, 0.05) is 120 Å². The van der Waals surface area contributed by atoms with Crippen molar-refractivity contribution in [3.63, 3.8) is 0 Å². The molecule has 9 aromatic rings. The van der Waals surface area contributed by atoms with E-state index in [2.05, 4.69) is 89.8 Å². The third kappa shape index (κ3) is 27.0. The summed E-state index contributed by atoms with van der Waals surface area (Å²) in [6, 6.07) is 68.7. The predicted octanol–water partition coefficient (Wildman–Crippen LogP) is 18.5. The molecule has 23 nitrogen and oxygen atoms in total. The maximum absolute atomic E-state index is 14.1. The van der Waals surface area contributed by atoms with E-state index in [1.54, 1.807) is 12.1 Å². The van der Waals surface area contributed by atoms with Crippen molar-refractivity contribution >= 4 is 128 Å². The van der Waals surface area contributed by atoms with Crippen LogP contribution >= 0.6 is 35.6 Å². The molecule has 0 aromatic heterocycles. The molecular formula is C103H107Cl3F3N12NaO11. The predicted molar refractivity (Wildman–Crippen MR) is 516 cm³/mol. The number of aliphatic carboxylic acids is 1. The Kier molecular flexibility index (Phi) is 38.4. The van der Waals surface area contributed by atoms with Gasteiger partial charge in [0.05, 0.1) is 56.7 Å². The molecule has 5 aliphatic heterocycles. The molecule has 688 valence electrons.